The molecule has 0 radical (unpaired) electrons. The van der Waals surface area contributed by atoms with Crippen LogP contribution in [-0.4, -0.2) is 13.6 Å². The summed E-state index contributed by atoms with van der Waals surface area (Å²) in [5, 5.41) is 2.95. The third-order valence-electron chi connectivity index (χ3n) is 1.92. The van der Waals surface area contributed by atoms with Gasteiger partial charge in [-0.25, -0.2) is 8.78 Å². The Morgan fingerprint density at radius 1 is 1.40 bits per heavy atom. The molecule has 1 rings (SSSR count). The third-order valence-corrected chi connectivity index (χ3v) is 2.54. The molecule has 0 saturated heterocycles. The molecule has 0 unspecified atom stereocenters. The topological polar surface area (TPSA) is 12.0 Å². The van der Waals surface area contributed by atoms with Gasteiger partial charge in [0.25, 0.3) is 0 Å². The Labute approximate surface area is 96.3 Å². The maximum absolute atomic E-state index is 13.4. The highest BCUT2D eigenvalue weighted by molar-refractivity contribution is 9.10. The van der Waals surface area contributed by atoms with Crippen LogP contribution < -0.4 is 5.32 Å². The molecule has 0 aliphatic heterocycles. The Hall–Kier alpha value is -0.740. The van der Waals surface area contributed by atoms with E-state index in [1.807, 2.05) is 7.05 Å². The van der Waals surface area contributed by atoms with E-state index in [-0.39, 0.29) is 10.0 Å². The minimum atomic E-state index is -0.560. The van der Waals surface area contributed by atoms with Crippen molar-refractivity contribution < 1.29 is 8.78 Å². The molecule has 1 aromatic carbocycles. The minimum Gasteiger partial charge on any atom is -0.319 e. The molecule has 1 nitrogen and oxygen atoms in total. The van der Waals surface area contributed by atoms with Crippen molar-refractivity contribution in [2.24, 2.45) is 0 Å². The number of halogens is 3. The fourth-order valence-corrected chi connectivity index (χ4v) is 1.47. The number of benzene rings is 1. The summed E-state index contributed by atoms with van der Waals surface area (Å²) in [6.07, 6.45) is 3.94. The summed E-state index contributed by atoms with van der Waals surface area (Å²) in [5.41, 5.74) is 0.000443. The molecular formula is C11H12BrF2N. The number of hydrogen-bond acceptors (Lipinski definition) is 1. The summed E-state index contributed by atoms with van der Waals surface area (Å²) in [5.74, 6) is -1.10. The molecule has 4 heteroatoms. The van der Waals surface area contributed by atoms with Crippen LogP contribution in [0.5, 0.6) is 0 Å². The van der Waals surface area contributed by atoms with Crippen LogP contribution >= 0.6 is 15.9 Å². The number of rotatable bonds is 4. The normalized spacial score (nSPS) is 11.2. The molecule has 1 aromatic rings. The van der Waals surface area contributed by atoms with E-state index in [1.54, 1.807) is 6.08 Å². The second-order valence-corrected chi connectivity index (χ2v) is 3.91. The van der Waals surface area contributed by atoms with Crippen LogP contribution in [0.2, 0.25) is 0 Å². The lowest BCUT2D eigenvalue weighted by molar-refractivity contribution is 0.574. The maximum Gasteiger partial charge on any atom is 0.147 e. The van der Waals surface area contributed by atoms with Gasteiger partial charge in [-0.15, -0.1) is 0 Å². The van der Waals surface area contributed by atoms with Gasteiger partial charge in [-0.05, 0) is 48.1 Å². The van der Waals surface area contributed by atoms with Gasteiger partial charge in [0.2, 0.25) is 0 Å². The van der Waals surface area contributed by atoms with Gasteiger partial charge >= 0.3 is 0 Å². The van der Waals surface area contributed by atoms with E-state index in [1.165, 1.54) is 18.2 Å². The summed E-state index contributed by atoms with van der Waals surface area (Å²) < 4.78 is 26.9. The van der Waals surface area contributed by atoms with Crippen molar-refractivity contribution in [2.45, 2.75) is 6.42 Å². The quantitative estimate of drug-likeness (QED) is 0.657. The van der Waals surface area contributed by atoms with Gasteiger partial charge < -0.3 is 5.32 Å². The number of nitrogens with one attached hydrogen (secondary N) is 1. The standard InChI is InChI=1S/C11H12BrF2N/c1-15-7-3-2-4-8-10(13)6-5-9(12)11(8)14/h2,4-6,15H,3,7H2,1H3/b4-2+. The Morgan fingerprint density at radius 3 is 2.80 bits per heavy atom. The molecule has 0 amide bonds. The summed E-state index contributed by atoms with van der Waals surface area (Å²) in [6.45, 7) is 0.785. The van der Waals surface area contributed by atoms with E-state index in [0.717, 1.165) is 13.0 Å². The second kappa shape index (κ2) is 5.98. The molecule has 15 heavy (non-hydrogen) atoms. The average molecular weight is 276 g/mol. The molecule has 0 saturated carbocycles. The molecule has 0 spiro atoms. The van der Waals surface area contributed by atoms with Crippen molar-refractivity contribution in [1.29, 1.82) is 0 Å². The lowest BCUT2D eigenvalue weighted by Crippen LogP contribution is -2.05. The Kier molecular flexibility index (Phi) is 4.91. The van der Waals surface area contributed by atoms with E-state index in [9.17, 15) is 8.78 Å². The first-order valence-electron chi connectivity index (χ1n) is 4.61. The highest BCUT2D eigenvalue weighted by Gasteiger charge is 2.08. The van der Waals surface area contributed by atoms with E-state index in [0.29, 0.717) is 0 Å². The van der Waals surface area contributed by atoms with Gasteiger partial charge in [-0.1, -0.05) is 12.2 Å². The predicted octanol–water partition coefficient (Wildman–Crippen LogP) is 3.35. The lowest BCUT2D eigenvalue weighted by Gasteiger charge is -2.01. The smallest absolute Gasteiger partial charge is 0.147 e. The first kappa shape index (κ1) is 12.3. The van der Waals surface area contributed by atoms with Crippen LogP contribution in [0.4, 0.5) is 8.78 Å². The van der Waals surface area contributed by atoms with Crippen LogP contribution in [-0.2, 0) is 0 Å². The van der Waals surface area contributed by atoms with Crippen LogP contribution in [0, 0.1) is 11.6 Å². The molecule has 0 atom stereocenters. The molecule has 0 fully saturated rings. The highest BCUT2D eigenvalue weighted by Crippen LogP contribution is 2.22. The van der Waals surface area contributed by atoms with Crippen LogP contribution in [0.15, 0.2) is 22.7 Å². The summed E-state index contributed by atoms with van der Waals surface area (Å²) >= 11 is 3.01. The zero-order valence-corrected chi connectivity index (χ0v) is 9.94. The lowest BCUT2D eigenvalue weighted by atomic mass is 10.1. The van der Waals surface area contributed by atoms with Crippen molar-refractivity contribution in [2.75, 3.05) is 13.6 Å². The van der Waals surface area contributed by atoms with Crippen molar-refractivity contribution in [3.05, 3.63) is 39.9 Å². The first-order chi connectivity index (χ1) is 7.16. The Balaban J connectivity index is 2.84. The van der Waals surface area contributed by atoms with Gasteiger partial charge in [0, 0.05) is 5.56 Å². The van der Waals surface area contributed by atoms with Gasteiger partial charge in [0.05, 0.1) is 4.47 Å². The molecule has 82 valence electrons. The maximum atomic E-state index is 13.4. The van der Waals surface area contributed by atoms with Gasteiger partial charge in [0.15, 0.2) is 0 Å². The average Bonchev–Trinajstić information content (AvgIpc) is 2.23. The largest absolute Gasteiger partial charge is 0.319 e. The third kappa shape index (κ3) is 3.39. The van der Waals surface area contributed by atoms with E-state index >= 15 is 0 Å². The molecule has 0 aromatic heterocycles. The zero-order chi connectivity index (χ0) is 11.3. The SMILES string of the molecule is CNCC/C=C/c1c(F)ccc(Br)c1F. The summed E-state index contributed by atoms with van der Waals surface area (Å²) in [4.78, 5) is 0. The van der Waals surface area contributed by atoms with E-state index in [4.69, 9.17) is 0 Å². The van der Waals surface area contributed by atoms with Crippen LogP contribution in [0.3, 0.4) is 0 Å². The molecule has 0 bridgehead atoms. The van der Waals surface area contributed by atoms with Crippen molar-refractivity contribution in [1.82, 2.24) is 5.32 Å². The summed E-state index contributed by atoms with van der Waals surface area (Å²) in [7, 11) is 1.83. The molecular weight excluding hydrogens is 264 g/mol. The Morgan fingerprint density at radius 2 is 2.13 bits per heavy atom. The van der Waals surface area contributed by atoms with Gasteiger partial charge in [-0.3, -0.25) is 0 Å². The van der Waals surface area contributed by atoms with E-state index in [2.05, 4.69) is 21.2 Å². The monoisotopic (exact) mass is 275 g/mol. The molecule has 1 N–H and O–H groups in total. The van der Waals surface area contributed by atoms with Gasteiger partial charge in [-0.2, -0.15) is 0 Å². The van der Waals surface area contributed by atoms with Crippen molar-refractivity contribution in [3.8, 4) is 0 Å². The Bertz CT molecular complexity index is 364. The first-order valence-corrected chi connectivity index (χ1v) is 5.40. The summed E-state index contributed by atoms with van der Waals surface area (Å²) in [6, 6.07) is 2.60. The fraction of sp³-hybridized carbons (Fsp3) is 0.273. The number of hydrogen-bond donors (Lipinski definition) is 1. The van der Waals surface area contributed by atoms with Crippen LogP contribution in [0.1, 0.15) is 12.0 Å². The predicted molar refractivity (Wildman–Crippen MR) is 61.6 cm³/mol. The minimum absolute atomic E-state index is 0.000443. The van der Waals surface area contributed by atoms with Crippen molar-refractivity contribution in [3.63, 3.8) is 0 Å². The molecule has 0 aliphatic rings. The van der Waals surface area contributed by atoms with Gasteiger partial charge in [0.1, 0.15) is 11.6 Å². The molecule has 0 aliphatic carbocycles. The molecule has 0 heterocycles. The second-order valence-electron chi connectivity index (χ2n) is 3.05. The van der Waals surface area contributed by atoms with E-state index < -0.39 is 11.6 Å². The fourth-order valence-electron chi connectivity index (χ4n) is 1.12. The van der Waals surface area contributed by atoms with Crippen LogP contribution in [0.25, 0.3) is 6.08 Å². The van der Waals surface area contributed by atoms with Crippen molar-refractivity contribution >= 4 is 22.0 Å². The zero-order valence-electron chi connectivity index (χ0n) is 8.36. The highest BCUT2D eigenvalue weighted by atomic mass is 79.9.